The molecule has 0 atom stereocenters. The zero-order chi connectivity index (χ0) is 10.8. The monoisotopic (exact) mass is 241 g/mol. The van der Waals surface area contributed by atoms with E-state index in [9.17, 15) is 0 Å². The van der Waals surface area contributed by atoms with Crippen LogP contribution in [0, 0.1) is 0 Å². The van der Waals surface area contributed by atoms with Gasteiger partial charge in [-0.25, -0.2) is 4.98 Å². The maximum atomic E-state index is 4.72. The van der Waals surface area contributed by atoms with Crippen molar-refractivity contribution in [2.45, 2.75) is 32.9 Å². The summed E-state index contributed by atoms with van der Waals surface area (Å²) >= 11 is 0. The first kappa shape index (κ1) is 13.3. The Hall–Kier alpha value is -0.800. The van der Waals surface area contributed by atoms with Gasteiger partial charge in [0.05, 0.1) is 0 Å². The Bertz CT molecular complexity index is 352. The molecule has 16 heavy (non-hydrogen) atoms. The van der Waals surface area contributed by atoms with Gasteiger partial charge in [0.2, 0.25) is 0 Å². The highest BCUT2D eigenvalue weighted by molar-refractivity contribution is 5.85. The Morgan fingerprint density at radius 1 is 1.38 bits per heavy atom. The number of nitrogens with one attached hydrogen (secondary N) is 1. The molecule has 1 N–H and O–H groups in total. The van der Waals surface area contributed by atoms with E-state index in [2.05, 4.69) is 43.2 Å². The predicted octanol–water partition coefficient (Wildman–Crippen LogP) is 1.99. The van der Waals surface area contributed by atoms with E-state index in [0.717, 1.165) is 25.3 Å². The minimum Gasteiger partial charge on any atom is -0.357 e. The minimum absolute atomic E-state index is 0. The van der Waals surface area contributed by atoms with E-state index in [-0.39, 0.29) is 12.4 Å². The van der Waals surface area contributed by atoms with Crippen molar-refractivity contribution < 1.29 is 0 Å². The van der Waals surface area contributed by atoms with Gasteiger partial charge in [0.25, 0.3) is 0 Å². The SMILES string of the molecule is CC(C)N(C)c1ccc2c(n1)CCNC2.Cl. The third-order valence-corrected chi connectivity index (χ3v) is 3.04. The number of rotatable bonds is 2. The normalized spacial score (nSPS) is 14.2. The van der Waals surface area contributed by atoms with E-state index in [1.807, 2.05) is 0 Å². The molecular weight excluding hydrogens is 222 g/mol. The summed E-state index contributed by atoms with van der Waals surface area (Å²) in [6.07, 6.45) is 1.05. The van der Waals surface area contributed by atoms with Crippen LogP contribution in [0.15, 0.2) is 12.1 Å². The van der Waals surface area contributed by atoms with E-state index in [1.165, 1.54) is 11.3 Å². The van der Waals surface area contributed by atoms with Crippen LogP contribution in [-0.4, -0.2) is 24.6 Å². The van der Waals surface area contributed by atoms with E-state index < -0.39 is 0 Å². The van der Waals surface area contributed by atoms with Gasteiger partial charge in [-0.05, 0) is 25.5 Å². The van der Waals surface area contributed by atoms with Gasteiger partial charge < -0.3 is 10.2 Å². The van der Waals surface area contributed by atoms with Gasteiger partial charge >= 0.3 is 0 Å². The maximum Gasteiger partial charge on any atom is 0.128 e. The molecule has 4 heteroatoms. The summed E-state index contributed by atoms with van der Waals surface area (Å²) in [7, 11) is 2.10. The number of halogens is 1. The van der Waals surface area contributed by atoms with Gasteiger partial charge in [-0.15, -0.1) is 12.4 Å². The molecule has 2 rings (SSSR count). The Labute approximate surface area is 104 Å². The van der Waals surface area contributed by atoms with Crippen molar-refractivity contribution in [2.24, 2.45) is 0 Å². The van der Waals surface area contributed by atoms with Gasteiger partial charge in [-0.1, -0.05) is 6.07 Å². The van der Waals surface area contributed by atoms with E-state index >= 15 is 0 Å². The van der Waals surface area contributed by atoms with Crippen LogP contribution in [0.5, 0.6) is 0 Å². The minimum atomic E-state index is 0. The predicted molar refractivity (Wildman–Crippen MR) is 70.4 cm³/mol. The molecule has 1 aliphatic rings. The third kappa shape index (κ3) is 2.66. The molecule has 0 amide bonds. The summed E-state index contributed by atoms with van der Waals surface area (Å²) in [6, 6.07) is 4.81. The Morgan fingerprint density at radius 2 is 2.12 bits per heavy atom. The van der Waals surface area contributed by atoms with Crippen LogP contribution in [0.1, 0.15) is 25.1 Å². The zero-order valence-corrected chi connectivity index (χ0v) is 11.0. The standard InChI is InChI=1S/C12H19N3.ClH/c1-9(2)15(3)12-5-4-10-8-13-7-6-11(10)14-12;/h4-5,9,13H,6-8H2,1-3H3;1H. The molecule has 0 bridgehead atoms. The van der Waals surface area contributed by atoms with Gasteiger partial charge in [0.1, 0.15) is 5.82 Å². The topological polar surface area (TPSA) is 28.2 Å². The molecule has 3 nitrogen and oxygen atoms in total. The lowest BCUT2D eigenvalue weighted by atomic mass is 10.1. The van der Waals surface area contributed by atoms with Crippen LogP contribution >= 0.6 is 12.4 Å². The van der Waals surface area contributed by atoms with Gasteiger partial charge in [-0.3, -0.25) is 0 Å². The van der Waals surface area contributed by atoms with E-state index in [4.69, 9.17) is 4.98 Å². The summed E-state index contributed by atoms with van der Waals surface area (Å²) in [5, 5.41) is 3.36. The van der Waals surface area contributed by atoms with Crippen molar-refractivity contribution in [1.82, 2.24) is 10.3 Å². The number of hydrogen-bond donors (Lipinski definition) is 1. The molecule has 0 fully saturated rings. The molecule has 0 saturated heterocycles. The van der Waals surface area contributed by atoms with Crippen LogP contribution in [0.25, 0.3) is 0 Å². The van der Waals surface area contributed by atoms with Gasteiger partial charge in [0.15, 0.2) is 0 Å². The van der Waals surface area contributed by atoms with Crippen LogP contribution < -0.4 is 10.2 Å². The van der Waals surface area contributed by atoms with Crippen LogP contribution in [-0.2, 0) is 13.0 Å². The molecular formula is C12H20ClN3. The first-order valence-electron chi connectivity index (χ1n) is 5.61. The van der Waals surface area contributed by atoms with Crippen molar-refractivity contribution in [1.29, 1.82) is 0 Å². The highest BCUT2D eigenvalue weighted by atomic mass is 35.5. The fourth-order valence-corrected chi connectivity index (χ4v) is 1.79. The van der Waals surface area contributed by atoms with Crippen LogP contribution in [0.3, 0.4) is 0 Å². The van der Waals surface area contributed by atoms with Crippen molar-refractivity contribution in [2.75, 3.05) is 18.5 Å². The zero-order valence-electron chi connectivity index (χ0n) is 10.2. The van der Waals surface area contributed by atoms with Crippen LogP contribution in [0.4, 0.5) is 5.82 Å². The molecule has 0 aromatic carbocycles. The smallest absolute Gasteiger partial charge is 0.128 e. The summed E-state index contributed by atoms with van der Waals surface area (Å²) in [6.45, 7) is 6.38. The molecule has 0 spiro atoms. The number of pyridine rings is 1. The van der Waals surface area contributed by atoms with Crippen molar-refractivity contribution >= 4 is 18.2 Å². The second-order valence-corrected chi connectivity index (χ2v) is 4.41. The summed E-state index contributed by atoms with van der Waals surface area (Å²) in [5.74, 6) is 1.09. The molecule has 1 aromatic heterocycles. The maximum absolute atomic E-state index is 4.72. The van der Waals surface area contributed by atoms with E-state index in [1.54, 1.807) is 0 Å². The molecule has 1 aliphatic heterocycles. The molecule has 0 saturated carbocycles. The van der Waals surface area contributed by atoms with E-state index in [0.29, 0.717) is 6.04 Å². The number of nitrogens with zero attached hydrogens (tertiary/aromatic N) is 2. The summed E-state index contributed by atoms with van der Waals surface area (Å²) < 4.78 is 0. The number of hydrogen-bond acceptors (Lipinski definition) is 3. The fraction of sp³-hybridized carbons (Fsp3) is 0.583. The highest BCUT2D eigenvalue weighted by Gasteiger charge is 2.13. The number of anilines is 1. The van der Waals surface area contributed by atoms with Crippen LogP contribution in [0.2, 0.25) is 0 Å². The summed E-state index contributed by atoms with van der Waals surface area (Å²) in [4.78, 5) is 6.93. The lowest BCUT2D eigenvalue weighted by Gasteiger charge is -2.25. The molecule has 2 heterocycles. The second-order valence-electron chi connectivity index (χ2n) is 4.41. The van der Waals surface area contributed by atoms with Crippen molar-refractivity contribution in [3.05, 3.63) is 23.4 Å². The largest absolute Gasteiger partial charge is 0.357 e. The average Bonchev–Trinajstić information content (AvgIpc) is 2.27. The average molecular weight is 242 g/mol. The molecule has 1 aromatic rings. The van der Waals surface area contributed by atoms with Crippen molar-refractivity contribution in [3.8, 4) is 0 Å². The molecule has 0 aliphatic carbocycles. The lowest BCUT2D eigenvalue weighted by Crippen LogP contribution is -2.29. The van der Waals surface area contributed by atoms with Gasteiger partial charge in [-0.2, -0.15) is 0 Å². The lowest BCUT2D eigenvalue weighted by molar-refractivity contribution is 0.627. The third-order valence-electron chi connectivity index (χ3n) is 3.04. The Morgan fingerprint density at radius 3 is 2.81 bits per heavy atom. The quantitative estimate of drug-likeness (QED) is 0.859. The fourth-order valence-electron chi connectivity index (χ4n) is 1.79. The second kappa shape index (κ2) is 5.51. The summed E-state index contributed by atoms with van der Waals surface area (Å²) in [5.41, 5.74) is 2.61. The highest BCUT2D eigenvalue weighted by Crippen LogP contribution is 2.18. The van der Waals surface area contributed by atoms with Gasteiger partial charge in [0, 0.05) is 38.3 Å². The number of fused-ring (bicyclic) bond motifs is 1. The molecule has 0 radical (unpaired) electrons. The molecule has 0 unspecified atom stereocenters. The number of aromatic nitrogens is 1. The van der Waals surface area contributed by atoms with Crippen molar-refractivity contribution in [3.63, 3.8) is 0 Å². The Balaban J connectivity index is 0.00000128. The molecule has 90 valence electrons. The first-order chi connectivity index (χ1) is 7.18. The Kier molecular flexibility index (Phi) is 4.56. The first-order valence-corrected chi connectivity index (χ1v) is 5.61.